The van der Waals surface area contributed by atoms with E-state index in [9.17, 15) is 9.59 Å². The predicted octanol–water partition coefficient (Wildman–Crippen LogP) is -0.564. The first-order valence-corrected chi connectivity index (χ1v) is 4.84. The smallest absolute Gasteiger partial charge is 0.328 e. The second-order valence-electron chi connectivity index (χ2n) is 3.47. The lowest BCUT2D eigenvalue weighted by Gasteiger charge is -2.10. The Bertz CT molecular complexity index is 629. The third-order valence-electron chi connectivity index (χ3n) is 2.42. The zero-order chi connectivity index (χ0) is 12.6. The zero-order valence-electron chi connectivity index (χ0n) is 9.30. The summed E-state index contributed by atoms with van der Waals surface area (Å²) in [4.78, 5) is 33.2. The summed E-state index contributed by atoms with van der Waals surface area (Å²) in [7, 11) is 1.28. The molecule has 2 aromatic heterocycles. The fourth-order valence-electron chi connectivity index (χ4n) is 1.55. The number of esters is 1. The van der Waals surface area contributed by atoms with Gasteiger partial charge in [0, 0.05) is 0 Å². The number of methoxy groups -OCH3 is 1. The predicted molar refractivity (Wildman–Crippen MR) is 59.3 cm³/mol. The number of hydrogen-bond donors (Lipinski definition) is 2. The van der Waals surface area contributed by atoms with E-state index >= 15 is 0 Å². The van der Waals surface area contributed by atoms with Gasteiger partial charge < -0.3 is 15.0 Å². The molecule has 0 fully saturated rings. The van der Waals surface area contributed by atoms with Crippen LogP contribution in [0.5, 0.6) is 0 Å². The van der Waals surface area contributed by atoms with Gasteiger partial charge in [0.25, 0.3) is 5.56 Å². The quantitative estimate of drug-likeness (QED) is 0.676. The van der Waals surface area contributed by atoms with Crippen molar-refractivity contribution in [1.29, 1.82) is 0 Å². The number of ether oxygens (including phenoxy) is 1. The van der Waals surface area contributed by atoms with Gasteiger partial charge in [-0.25, -0.2) is 9.78 Å². The minimum Gasteiger partial charge on any atom is -0.467 e. The molecule has 0 unspecified atom stereocenters. The molecule has 0 saturated heterocycles. The van der Waals surface area contributed by atoms with Gasteiger partial charge in [-0.05, 0) is 6.92 Å². The fraction of sp³-hybridized carbons (Fsp3) is 0.333. The van der Waals surface area contributed by atoms with Crippen molar-refractivity contribution in [3.63, 3.8) is 0 Å². The number of anilines is 1. The Morgan fingerprint density at radius 3 is 3.00 bits per heavy atom. The number of hydrogen-bond acceptors (Lipinski definition) is 6. The van der Waals surface area contributed by atoms with Crippen LogP contribution in [-0.2, 0) is 9.53 Å². The first kappa shape index (κ1) is 11.1. The Morgan fingerprint density at radius 2 is 2.35 bits per heavy atom. The molecular formula is C9H11N5O3. The summed E-state index contributed by atoms with van der Waals surface area (Å²) < 4.78 is 6.00. The molecule has 8 heteroatoms. The topological polar surface area (TPSA) is 116 Å². The van der Waals surface area contributed by atoms with Gasteiger partial charge in [-0.15, -0.1) is 0 Å². The van der Waals surface area contributed by atoms with Gasteiger partial charge in [0.1, 0.15) is 6.04 Å². The monoisotopic (exact) mass is 237 g/mol. The maximum Gasteiger partial charge on any atom is 0.328 e. The molecule has 2 aromatic rings. The molecule has 0 aromatic carbocycles. The molecule has 0 bridgehead atoms. The maximum atomic E-state index is 11.7. The number of nitrogens with one attached hydrogen (secondary N) is 1. The van der Waals surface area contributed by atoms with Crippen LogP contribution in [0.4, 0.5) is 5.95 Å². The van der Waals surface area contributed by atoms with Crippen molar-refractivity contribution in [3.05, 3.63) is 16.7 Å². The van der Waals surface area contributed by atoms with E-state index in [1.165, 1.54) is 18.0 Å². The highest BCUT2D eigenvalue weighted by atomic mass is 16.5. The minimum absolute atomic E-state index is 0.0153. The molecule has 0 aliphatic carbocycles. The van der Waals surface area contributed by atoms with Gasteiger partial charge in [0.05, 0.1) is 13.4 Å². The third-order valence-corrected chi connectivity index (χ3v) is 2.42. The third kappa shape index (κ3) is 1.73. The summed E-state index contributed by atoms with van der Waals surface area (Å²) >= 11 is 0. The van der Waals surface area contributed by atoms with Crippen LogP contribution in [-0.4, -0.2) is 32.6 Å². The Balaban J connectivity index is 2.64. The second-order valence-corrected chi connectivity index (χ2v) is 3.47. The number of rotatable bonds is 2. The highest BCUT2D eigenvalue weighted by Gasteiger charge is 2.20. The van der Waals surface area contributed by atoms with E-state index in [4.69, 9.17) is 5.73 Å². The molecule has 17 heavy (non-hydrogen) atoms. The molecule has 2 rings (SSSR count). The SMILES string of the molecule is COC(=O)[C@H](C)n1cnc2nc(N)[nH]c(=O)c21. The molecule has 0 spiro atoms. The van der Waals surface area contributed by atoms with Gasteiger partial charge in [-0.3, -0.25) is 9.78 Å². The van der Waals surface area contributed by atoms with E-state index in [1.54, 1.807) is 6.92 Å². The molecule has 0 saturated carbocycles. The molecule has 3 N–H and O–H groups in total. The molecule has 2 heterocycles. The Morgan fingerprint density at radius 1 is 1.65 bits per heavy atom. The number of fused-ring (bicyclic) bond motifs is 1. The summed E-state index contributed by atoms with van der Waals surface area (Å²) in [5.41, 5.74) is 5.33. The average molecular weight is 237 g/mol. The lowest BCUT2D eigenvalue weighted by atomic mass is 10.3. The summed E-state index contributed by atoms with van der Waals surface area (Å²) in [6.07, 6.45) is 1.36. The molecule has 8 nitrogen and oxygen atoms in total. The van der Waals surface area contributed by atoms with Crippen molar-refractivity contribution >= 4 is 23.1 Å². The van der Waals surface area contributed by atoms with Gasteiger partial charge in [-0.2, -0.15) is 4.98 Å². The number of nitrogens with zero attached hydrogens (tertiary/aromatic N) is 3. The molecular weight excluding hydrogens is 226 g/mol. The van der Waals surface area contributed by atoms with E-state index in [2.05, 4.69) is 19.7 Å². The van der Waals surface area contributed by atoms with E-state index in [0.29, 0.717) is 0 Å². The molecule has 0 aliphatic heterocycles. The lowest BCUT2D eigenvalue weighted by Crippen LogP contribution is -2.21. The number of H-pyrrole nitrogens is 1. The highest BCUT2D eigenvalue weighted by molar-refractivity contribution is 5.78. The number of carbonyl (C=O) groups excluding carboxylic acids is 1. The number of carbonyl (C=O) groups is 1. The largest absolute Gasteiger partial charge is 0.467 e. The van der Waals surface area contributed by atoms with Crippen molar-refractivity contribution < 1.29 is 9.53 Å². The van der Waals surface area contributed by atoms with Crippen LogP contribution in [0, 0.1) is 0 Å². The first-order valence-electron chi connectivity index (χ1n) is 4.84. The summed E-state index contributed by atoms with van der Waals surface area (Å²) in [6.45, 7) is 1.60. The van der Waals surface area contributed by atoms with E-state index in [-0.39, 0.29) is 17.1 Å². The van der Waals surface area contributed by atoms with Crippen molar-refractivity contribution in [3.8, 4) is 0 Å². The van der Waals surface area contributed by atoms with E-state index in [0.717, 1.165) is 0 Å². The minimum atomic E-state index is -0.656. The van der Waals surface area contributed by atoms with Crippen LogP contribution in [0.3, 0.4) is 0 Å². The zero-order valence-corrected chi connectivity index (χ0v) is 9.30. The number of aromatic nitrogens is 4. The lowest BCUT2D eigenvalue weighted by molar-refractivity contribution is -0.143. The Kier molecular flexibility index (Phi) is 2.54. The Labute approximate surface area is 95.4 Å². The number of nitrogens with two attached hydrogens (primary N) is 1. The standard InChI is InChI=1S/C9H11N5O3/c1-4(8(16)17-2)14-3-11-6-5(14)7(15)13-9(10)12-6/h3-4H,1-2H3,(H3,10,12,13,15)/t4-/m0/s1. The van der Waals surface area contributed by atoms with E-state index < -0.39 is 17.6 Å². The Hall–Kier alpha value is -2.38. The number of imidazole rings is 1. The number of aromatic amines is 1. The molecule has 0 radical (unpaired) electrons. The second kappa shape index (κ2) is 3.89. The highest BCUT2D eigenvalue weighted by Crippen LogP contribution is 2.14. The average Bonchev–Trinajstić information content (AvgIpc) is 2.70. The van der Waals surface area contributed by atoms with Gasteiger partial charge >= 0.3 is 5.97 Å². The van der Waals surface area contributed by atoms with Crippen molar-refractivity contribution in [2.45, 2.75) is 13.0 Å². The van der Waals surface area contributed by atoms with E-state index in [1.807, 2.05) is 0 Å². The summed E-state index contributed by atoms with van der Waals surface area (Å²) in [5.74, 6) is -0.487. The van der Waals surface area contributed by atoms with Crippen LogP contribution in [0.15, 0.2) is 11.1 Å². The summed E-state index contributed by atoms with van der Waals surface area (Å²) in [5, 5.41) is 0. The maximum absolute atomic E-state index is 11.7. The van der Waals surface area contributed by atoms with Crippen LogP contribution >= 0.6 is 0 Å². The number of nitrogen functional groups attached to an aromatic ring is 1. The molecule has 1 atom stereocenters. The van der Waals surface area contributed by atoms with Crippen LogP contribution in [0.25, 0.3) is 11.2 Å². The first-order chi connectivity index (χ1) is 8.04. The van der Waals surface area contributed by atoms with Crippen molar-refractivity contribution in [2.24, 2.45) is 0 Å². The van der Waals surface area contributed by atoms with Gasteiger partial charge in [-0.1, -0.05) is 0 Å². The summed E-state index contributed by atoms with van der Waals surface area (Å²) in [6, 6.07) is -0.656. The fourth-order valence-corrected chi connectivity index (χ4v) is 1.55. The van der Waals surface area contributed by atoms with Crippen molar-refractivity contribution in [1.82, 2.24) is 19.5 Å². The van der Waals surface area contributed by atoms with Crippen LogP contribution in [0.2, 0.25) is 0 Å². The van der Waals surface area contributed by atoms with Crippen LogP contribution < -0.4 is 11.3 Å². The van der Waals surface area contributed by atoms with Gasteiger partial charge in [0.2, 0.25) is 5.95 Å². The van der Waals surface area contributed by atoms with Gasteiger partial charge in [0.15, 0.2) is 11.2 Å². The van der Waals surface area contributed by atoms with Crippen molar-refractivity contribution in [2.75, 3.05) is 12.8 Å². The molecule has 90 valence electrons. The van der Waals surface area contributed by atoms with Crippen LogP contribution in [0.1, 0.15) is 13.0 Å². The molecule has 0 amide bonds. The normalized spacial score (nSPS) is 12.6. The molecule has 0 aliphatic rings.